The van der Waals surface area contributed by atoms with E-state index in [0.29, 0.717) is 5.17 Å². The van der Waals surface area contributed by atoms with Crippen molar-refractivity contribution in [3.63, 3.8) is 0 Å². The predicted molar refractivity (Wildman–Crippen MR) is 86.7 cm³/mol. The molecular formula is C16H10FN3O2S. The first-order valence-corrected chi connectivity index (χ1v) is 7.68. The number of fused-ring (bicyclic) bond motifs is 3. The van der Waals surface area contributed by atoms with Crippen LogP contribution in [0.5, 0.6) is 0 Å². The number of carbonyl (C=O) groups excluding carboxylic acids is 1. The third-order valence-corrected chi connectivity index (χ3v) is 4.64. The average molecular weight is 327 g/mol. The molecule has 1 atom stereocenters. The van der Waals surface area contributed by atoms with Crippen molar-refractivity contribution in [2.75, 3.05) is 0 Å². The zero-order valence-electron chi connectivity index (χ0n) is 11.7. The summed E-state index contributed by atoms with van der Waals surface area (Å²) in [5.74, 6) is -0.788. The molecule has 1 aromatic carbocycles. The zero-order chi connectivity index (χ0) is 16.0. The van der Waals surface area contributed by atoms with Crippen molar-refractivity contribution >= 4 is 28.9 Å². The number of aromatic nitrogens is 1. The van der Waals surface area contributed by atoms with E-state index in [0.717, 1.165) is 16.0 Å². The summed E-state index contributed by atoms with van der Waals surface area (Å²) < 4.78 is 13.3. The number of pyridine rings is 1. The Morgan fingerprint density at radius 1 is 1.35 bits per heavy atom. The fourth-order valence-corrected chi connectivity index (χ4v) is 3.60. The van der Waals surface area contributed by atoms with Gasteiger partial charge in [0.2, 0.25) is 0 Å². The largest absolute Gasteiger partial charge is 0.367 e. The maximum absolute atomic E-state index is 13.3. The number of benzene rings is 1. The minimum absolute atomic E-state index is 0.0318. The van der Waals surface area contributed by atoms with Gasteiger partial charge in [0.05, 0.1) is 0 Å². The van der Waals surface area contributed by atoms with Crippen LogP contribution in [0.25, 0.3) is 6.08 Å². The lowest BCUT2D eigenvalue weighted by Crippen LogP contribution is -2.31. The molecule has 1 aromatic heterocycles. The number of nitrogens with zero attached hydrogens (tertiary/aromatic N) is 1. The summed E-state index contributed by atoms with van der Waals surface area (Å²) in [6.07, 6.45) is 4.69. The Balaban J connectivity index is 1.58. The van der Waals surface area contributed by atoms with Crippen molar-refractivity contribution in [3.05, 3.63) is 74.3 Å². The lowest BCUT2D eigenvalue weighted by molar-refractivity contribution is 0.0976. The average Bonchev–Trinajstić information content (AvgIpc) is 3.03. The Morgan fingerprint density at radius 2 is 2.22 bits per heavy atom. The van der Waals surface area contributed by atoms with Gasteiger partial charge >= 0.3 is 0 Å². The van der Waals surface area contributed by atoms with Crippen molar-refractivity contribution in [1.82, 2.24) is 10.3 Å². The maximum Gasteiger partial charge on any atom is 0.262 e. The third-order valence-electron chi connectivity index (χ3n) is 3.66. The second-order valence-corrected chi connectivity index (χ2v) is 6.20. The molecule has 2 N–H and O–H groups in total. The van der Waals surface area contributed by atoms with Crippen LogP contribution in [0.1, 0.15) is 27.5 Å². The summed E-state index contributed by atoms with van der Waals surface area (Å²) in [4.78, 5) is 31.9. The van der Waals surface area contributed by atoms with Crippen LogP contribution in [-0.4, -0.2) is 16.1 Å². The predicted octanol–water partition coefficient (Wildman–Crippen LogP) is 2.44. The summed E-state index contributed by atoms with van der Waals surface area (Å²) in [6, 6.07) is 5.66. The molecule has 0 saturated carbocycles. The summed E-state index contributed by atoms with van der Waals surface area (Å²) in [7, 11) is 0. The van der Waals surface area contributed by atoms with E-state index in [2.05, 4.69) is 15.3 Å². The molecule has 1 amide bonds. The summed E-state index contributed by atoms with van der Waals surface area (Å²) in [5.41, 5.74) is 1.40. The first-order chi connectivity index (χ1) is 11.1. The quantitative estimate of drug-likeness (QED) is 0.845. The van der Waals surface area contributed by atoms with E-state index < -0.39 is 5.91 Å². The van der Waals surface area contributed by atoms with Crippen LogP contribution in [0.3, 0.4) is 0 Å². The molecule has 0 saturated heterocycles. The highest BCUT2D eigenvalue weighted by Crippen LogP contribution is 2.47. The molecule has 7 heteroatoms. The van der Waals surface area contributed by atoms with Gasteiger partial charge in [-0.3, -0.25) is 9.59 Å². The number of thioether (sulfide) groups is 1. The summed E-state index contributed by atoms with van der Waals surface area (Å²) in [5, 5.41) is 3.08. The Labute approximate surface area is 134 Å². The Kier molecular flexibility index (Phi) is 3.16. The van der Waals surface area contributed by atoms with Crippen LogP contribution in [-0.2, 0) is 0 Å². The number of halogens is 1. The van der Waals surface area contributed by atoms with Crippen molar-refractivity contribution in [1.29, 1.82) is 0 Å². The van der Waals surface area contributed by atoms with E-state index in [9.17, 15) is 14.0 Å². The van der Waals surface area contributed by atoms with Crippen LogP contribution in [0, 0.1) is 5.82 Å². The van der Waals surface area contributed by atoms with Gasteiger partial charge < -0.3 is 10.3 Å². The minimum Gasteiger partial charge on any atom is -0.367 e. The topological polar surface area (TPSA) is 74.3 Å². The highest BCUT2D eigenvalue weighted by Gasteiger charge is 2.32. The van der Waals surface area contributed by atoms with Crippen molar-refractivity contribution in [2.24, 2.45) is 4.99 Å². The van der Waals surface area contributed by atoms with E-state index in [1.54, 1.807) is 6.07 Å². The molecule has 1 aliphatic heterocycles. The molecule has 1 aliphatic carbocycles. The molecule has 23 heavy (non-hydrogen) atoms. The van der Waals surface area contributed by atoms with Gasteiger partial charge in [0.15, 0.2) is 10.6 Å². The van der Waals surface area contributed by atoms with Gasteiger partial charge in [-0.1, -0.05) is 17.8 Å². The molecule has 2 heterocycles. The summed E-state index contributed by atoms with van der Waals surface area (Å²) in [6.45, 7) is 0. The Bertz CT molecular complexity index is 948. The molecule has 2 aliphatic rings. The standard InChI is InChI=1S/C16H10FN3O2S/c17-9-1-2-10-8(5-9)6-13-14(10)19-16(23-13)20-15(22)11-7-18-4-3-12(11)21/h1-7,14H,(H,18,21)(H,19,20,22). The van der Waals surface area contributed by atoms with Crippen molar-refractivity contribution < 1.29 is 9.18 Å². The molecule has 0 radical (unpaired) electrons. The van der Waals surface area contributed by atoms with E-state index in [1.807, 2.05) is 6.08 Å². The van der Waals surface area contributed by atoms with Crippen LogP contribution in [0.4, 0.5) is 4.39 Å². The number of aliphatic imine (C=N–C) groups is 1. The fraction of sp³-hybridized carbons (Fsp3) is 0.0625. The monoisotopic (exact) mass is 327 g/mol. The lowest BCUT2D eigenvalue weighted by atomic mass is 10.1. The number of amides is 1. The number of nitrogens with one attached hydrogen (secondary N) is 2. The minimum atomic E-state index is -0.502. The number of hydrogen-bond acceptors (Lipinski definition) is 4. The van der Waals surface area contributed by atoms with Gasteiger partial charge in [0.25, 0.3) is 5.91 Å². The highest BCUT2D eigenvalue weighted by atomic mass is 32.2. The molecular weight excluding hydrogens is 317 g/mol. The van der Waals surface area contributed by atoms with Crippen molar-refractivity contribution in [2.45, 2.75) is 6.04 Å². The van der Waals surface area contributed by atoms with Crippen LogP contribution < -0.4 is 10.7 Å². The van der Waals surface area contributed by atoms with Gasteiger partial charge in [-0.05, 0) is 29.3 Å². The van der Waals surface area contributed by atoms with Gasteiger partial charge in [0.1, 0.15) is 17.4 Å². The molecule has 0 spiro atoms. The number of H-pyrrole nitrogens is 1. The van der Waals surface area contributed by atoms with E-state index in [1.165, 1.54) is 42.4 Å². The molecule has 0 bridgehead atoms. The van der Waals surface area contributed by atoms with Gasteiger partial charge in [-0.15, -0.1) is 0 Å². The smallest absolute Gasteiger partial charge is 0.262 e. The van der Waals surface area contributed by atoms with E-state index in [-0.39, 0.29) is 22.9 Å². The number of carbonyl (C=O) groups is 1. The van der Waals surface area contributed by atoms with E-state index in [4.69, 9.17) is 0 Å². The van der Waals surface area contributed by atoms with Crippen LogP contribution in [0.2, 0.25) is 0 Å². The fourth-order valence-electron chi connectivity index (χ4n) is 2.59. The second kappa shape index (κ2) is 5.20. The number of aromatic amines is 1. The third kappa shape index (κ3) is 2.39. The first-order valence-electron chi connectivity index (χ1n) is 6.87. The number of amidine groups is 1. The molecule has 2 aromatic rings. The van der Waals surface area contributed by atoms with Gasteiger partial charge in [0, 0.05) is 23.4 Å². The number of rotatable bonds is 1. The maximum atomic E-state index is 13.3. The van der Waals surface area contributed by atoms with Gasteiger partial charge in [-0.25, -0.2) is 9.38 Å². The summed E-state index contributed by atoms with van der Waals surface area (Å²) >= 11 is 1.32. The number of hydrogen-bond donors (Lipinski definition) is 2. The molecule has 114 valence electrons. The Morgan fingerprint density at radius 3 is 3.04 bits per heavy atom. The SMILES string of the molecule is O=C(NC1=NC2C(=Cc3cc(F)ccc32)S1)c1c[nH]ccc1=O. The molecule has 4 rings (SSSR count). The normalized spacial score (nSPS) is 18.0. The lowest BCUT2D eigenvalue weighted by Gasteiger charge is -2.04. The molecule has 0 fully saturated rings. The van der Waals surface area contributed by atoms with Crippen LogP contribution >= 0.6 is 11.8 Å². The van der Waals surface area contributed by atoms with Crippen LogP contribution in [0.15, 0.2) is 51.4 Å². The zero-order valence-corrected chi connectivity index (χ0v) is 12.5. The molecule has 1 unspecified atom stereocenters. The second-order valence-electron chi connectivity index (χ2n) is 5.14. The molecule has 5 nitrogen and oxygen atoms in total. The first kappa shape index (κ1) is 14.0. The highest BCUT2D eigenvalue weighted by molar-refractivity contribution is 8.17. The van der Waals surface area contributed by atoms with Crippen molar-refractivity contribution in [3.8, 4) is 0 Å². The Hall–Kier alpha value is -2.67. The van der Waals surface area contributed by atoms with E-state index >= 15 is 0 Å². The van der Waals surface area contributed by atoms with Gasteiger partial charge in [-0.2, -0.15) is 0 Å².